The van der Waals surface area contributed by atoms with Gasteiger partial charge in [-0.25, -0.2) is 9.13 Å². The lowest BCUT2D eigenvalue weighted by molar-refractivity contribution is 0.229. The van der Waals surface area contributed by atoms with Crippen molar-refractivity contribution in [3.05, 3.63) is 12.1 Å². The summed E-state index contributed by atoms with van der Waals surface area (Å²) in [6.45, 7) is 0. The van der Waals surface area contributed by atoms with E-state index in [-0.39, 0.29) is 17.1 Å². The molecule has 1 unspecified atom stereocenters. The van der Waals surface area contributed by atoms with E-state index in [1.807, 2.05) is 0 Å². The van der Waals surface area contributed by atoms with Crippen molar-refractivity contribution in [3.63, 3.8) is 0 Å². The Bertz CT molecular complexity index is 555. The third-order valence-corrected chi connectivity index (χ3v) is 3.69. The highest BCUT2D eigenvalue weighted by Gasteiger charge is 2.34. The lowest BCUT2D eigenvalue weighted by Gasteiger charge is -2.15. The molecule has 0 radical (unpaired) electrons. The molecule has 0 aromatic heterocycles. The van der Waals surface area contributed by atoms with Gasteiger partial charge in [-0.3, -0.25) is 4.89 Å². The Morgan fingerprint density at radius 3 is 2.11 bits per heavy atom. The zero-order chi connectivity index (χ0) is 14.1. The number of hydrogen-bond acceptors (Lipinski definition) is 7. The van der Waals surface area contributed by atoms with Crippen molar-refractivity contribution in [1.82, 2.24) is 0 Å². The van der Waals surface area contributed by atoms with Crippen LogP contribution in [0.25, 0.3) is 0 Å². The van der Waals surface area contributed by atoms with Crippen molar-refractivity contribution in [2.24, 2.45) is 0 Å². The first kappa shape index (κ1) is 14.8. The first-order valence-electron chi connectivity index (χ1n) is 4.17. The first-order chi connectivity index (χ1) is 8.00. The van der Waals surface area contributed by atoms with Crippen molar-refractivity contribution in [3.8, 4) is 11.5 Å². The van der Waals surface area contributed by atoms with Crippen LogP contribution in [0.5, 0.6) is 11.5 Å². The van der Waals surface area contributed by atoms with Gasteiger partial charge in [-0.15, -0.1) is 0 Å². The second kappa shape index (κ2) is 4.77. The molecule has 8 N–H and O–H groups in total. The number of aromatic hydroxyl groups is 1. The largest absolute Gasteiger partial charge is 0.536 e. The average molecular weight is 300 g/mol. The summed E-state index contributed by atoms with van der Waals surface area (Å²) in [7, 11) is -10.3. The van der Waals surface area contributed by atoms with E-state index in [1.54, 1.807) is 0 Å². The zero-order valence-electron chi connectivity index (χ0n) is 8.63. The summed E-state index contributed by atoms with van der Waals surface area (Å²) in [5.41, 5.74) is 10.1. The Labute approximate surface area is 101 Å². The number of phenols is 1. The molecule has 0 fully saturated rings. The lowest BCUT2D eigenvalue weighted by atomic mass is 10.2. The number of phosphoric acid groups is 2. The molecule has 0 bridgehead atoms. The van der Waals surface area contributed by atoms with E-state index >= 15 is 0 Å². The molecule has 1 aromatic rings. The number of phenolic OH excluding ortho intramolecular Hbond substituents is 1. The van der Waals surface area contributed by atoms with Gasteiger partial charge in [0.05, 0.1) is 11.4 Å². The number of anilines is 2. The highest BCUT2D eigenvalue weighted by atomic mass is 31.3. The van der Waals surface area contributed by atoms with Gasteiger partial charge in [0.1, 0.15) is 5.75 Å². The minimum atomic E-state index is -5.22. The molecule has 102 valence electrons. The quantitative estimate of drug-likeness (QED) is 0.254. The Balaban J connectivity index is 3.01. The van der Waals surface area contributed by atoms with E-state index in [1.165, 1.54) is 0 Å². The summed E-state index contributed by atoms with van der Waals surface area (Å²) < 4.78 is 29.5. The van der Waals surface area contributed by atoms with Crippen molar-refractivity contribution >= 4 is 27.0 Å². The van der Waals surface area contributed by atoms with Gasteiger partial charge in [0.2, 0.25) is 0 Å². The molecule has 0 aliphatic rings. The van der Waals surface area contributed by atoms with Gasteiger partial charge in [0.15, 0.2) is 5.75 Å². The molecule has 0 heterocycles. The molecule has 1 rings (SSSR count). The maximum atomic E-state index is 11.2. The van der Waals surface area contributed by atoms with Gasteiger partial charge in [0.25, 0.3) is 0 Å². The summed E-state index contributed by atoms with van der Waals surface area (Å²) in [6.07, 6.45) is 0. The third-order valence-electron chi connectivity index (χ3n) is 1.58. The molecule has 12 heteroatoms. The fourth-order valence-electron chi connectivity index (χ4n) is 0.955. The summed E-state index contributed by atoms with van der Waals surface area (Å²) in [5, 5.41) is 9.16. The van der Waals surface area contributed by atoms with Crippen LogP contribution in [0.3, 0.4) is 0 Å². The maximum absolute atomic E-state index is 11.2. The van der Waals surface area contributed by atoms with Crippen LogP contribution in [-0.4, -0.2) is 19.8 Å². The Hall–Kier alpha value is -1.28. The fourth-order valence-corrected chi connectivity index (χ4v) is 2.57. The van der Waals surface area contributed by atoms with Crippen molar-refractivity contribution < 1.29 is 37.8 Å². The minimum Gasteiger partial charge on any atom is -0.506 e. The highest BCUT2D eigenvalue weighted by molar-refractivity contribution is 7.60. The summed E-state index contributed by atoms with van der Waals surface area (Å²) in [5.74, 6) is -0.854. The molecule has 0 spiro atoms. The van der Waals surface area contributed by atoms with Gasteiger partial charge in [-0.2, -0.15) is 4.31 Å². The predicted molar refractivity (Wildman–Crippen MR) is 60.5 cm³/mol. The number of nitrogen functional groups attached to an aromatic ring is 2. The SMILES string of the molecule is Nc1cc(OP(=O)(O)OP(=O)(O)O)c(N)cc1O. The number of benzene rings is 1. The molecule has 10 nitrogen and oxygen atoms in total. The standard InChI is InChI=1S/C6H10N2O8P2/c7-3-2-6(4(8)1-5(3)9)15-18(13,14)16-17(10,11)12/h1-2,9H,7-8H2,(H,13,14)(H2,10,11,12). The fraction of sp³-hybridized carbons (Fsp3) is 0. The van der Waals surface area contributed by atoms with Crippen molar-refractivity contribution in [2.45, 2.75) is 0 Å². The second-order valence-corrected chi connectivity index (χ2v) is 5.83. The van der Waals surface area contributed by atoms with Crippen LogP contribution in [0.4, 0.5) is 11.4 Å². The molecule has 0 saturated carbocycles. The topological polar surface area (TPSA) is 186 Å². The highest BCUT2D eigenvalue weighted by Crippen LogP contribution is 2.58. The van der Waals surface area contributed by atoms with Gasteiger partial charge in [-0.05, 0) is 0 Å². The van der Waals surface area contributed by atoms with E-state index < -0.39 is 21.4 Å². The molecule has 1 atom stereocenters. The monoisotopic (exact) mass is 300 g/mol. The van der Waals surface area contributed by atoms with Gasteiger partial charge in [0, 0.05) is 12.1 Å². The summed E-state index contributed by atoms with van der Waals surface area (Å²) >= 11 is 0. The zero-order valence-corrected chi connectivity index (χ0v) is 10.4. The Kier molecular flexibility index (Phi) is 3.92. The number of phosphoric ester groups is 1. The van der Waals surface area contributed by atoms with Crippen LogP contribution in [0.2, 0.25) is 0 Å². The smallest absolute Gasteiger partial charge is 0.506 e. The second-order valence-electron chi connectivity index (χ2n) is 3.08. The van der Waals surface area contributed by atoms with Crippen LogP contribution in [0, 0.1) is 0 Å². The van der Waals surface area contributed by atoms with Crippen LogP contribution in [0.15, 0.2) is 12.1 Å². The summed E-state index contributed by atoms with van der Waals surface area (Å²) in [4.78, 5) is 25.8. The average Bonchev–Trinajstić information content (AvgIpc) is 2.09. The predicted octanol–water partition coefficient (Wildman–Crippen LogP) is 0.145. The maximum Gasteiger partial charge on any atom is 0.536 e. The molecule has 18 heavy (non-hydrogen) atoms. The molecule has 0 saturated heterocycles. The van der Waals surface area contributed by atoms with Crippen LogP contribution < -0.4 is 16.0 Å². The van der Waals surface area contributed by atoms with E-state index in [2.05, 4.69) is 8.83 Å². The minimum absolute atomic E-state index is 0.213. The molecule has 0 aliphatic heterocycles. The molecule has 1 aromatic carbocycles. The molecule has 0 aliphatic carbocycles. The molecular weight excluding hydrogens is 290 g/mol. The van der Waals surface area contributed by atoms with Crippen LogP contribution >= 0.6 is 15.6 Å². The summed E-state index contributed by atoms with van der Waals surface area (Å²) in [6, 6.07) is 1.83. The van der Waals surface area contributed by atoms with E-state index in [0.29, 0.717) is 0 Å². The van der Waals surface area contributed by atoms with Gasteiger partial charge >= 0.3 is 15.6 Å². The lowest BCUT2D eigenvalue weighted by Crippen LogP contribution is -2.00. The molecule has 0 amide bonds. The Morgan fingerprint density at radius 1 is 1.06 bits per heavy atom. The van der Waals surface area contributed by atoms with Crippen LogP contribution in [-0.2, 0) is 13.4 Å². The number of hydrogen-bond donors (Lipinski definition) is 6. The number of rotatable bonds is 4. The van der Waals surface area contributed by atoms with Crippen molar-refractivity contribution in [1.29, 1.82) is 0 Å². The Morgan fingerprint density at radius 2 is 1.61 bits per heavy atom. The normalized spacial score (nSPS) is 15.1. The van der Waals surface area contributed by atoms with Crippen LogP contribution in [0.1, 0.15) is 0 Å². The van der Waals surface area contributed by atoms with Crippen molar-refractivity contribution in [2.75, 3.05) is 11.5 Å². The van der Waals surface area contributed by atoms with Gasteiger partial charge in [-0.1, -0.05) is 0 Å². The van der Waals surface area contributed by atoms with E-state index in [0.717, 1.165) is 12.1 Å². The van der Waals surface area contributed by atoms with E-state index in [9.17, 15) is 9.13 Å². The molecular formula is C6H10N2O8P2. The first-order valence-corrected chi connectivity index (χ1v) is 7.20. The van der Waals surface area contributed by atoms with E-state index in [4.69, 9.17) is 31.3 Å². The number of nitrogens with two attached hydrogens (primary N) is 2. The van der Waals surface area contributed by atoms with Gasteiger partial charge < -0.3 is 30.9 Å². The third kappa shape index (κ3) is 4.19.